The smallest absolute Gasteiger partial charge is 0.320 e. The van der Waals surface area contributed by atoms with Crippen molar-refractivity contribution in [3.05, 3.63) is 69.0 Å². The summed E-state index contributed by atoms with van der Waals surface area (Å²) in [5.41, 5.74) is -0.0414. The first-order chi connectivity index (χ1) is 12.8. The first-order valence-electron chi connectivity index (χ1n) is 7.73. The average molecular weight is 395 g/mol. The predicted molar refractivity (Wildman–Crippen MR) is 94.9 cm³/mol. The number of fused-ring (bicyclic) bond motifs is 1. The molecule has 7 nitrogen and oxygen atoms in total. The molecule has 0 atom stereocenters. The number of amides is 1. The summed E-state index contributed by atoms with van der Waals surface area (Å²) in [5, 5.41) is 11.3. The first-order valence-corrected chi connectivity index (χ1v) is 8.10. The van der Waals surface area contributed by atoms with Crippen molar-refractivity contribution in [1.29, 1.82) is 0 Å². The quantitative estimate of drug-likeness (QED) is 0.478. The first kappa shape index (κ1) is 18.7. The van der Waals surface area contributed by atoms with Crippen LogP contribution in [-0.2, 0) is 6.54 Å². The molecule has 0 aliphatic rings. The van der Waals surface area contributed by atoms with E-state index >= 15 is 0 Å². The highest BCUT2D eigenvalue weighted by Gasteiger charge is 2.25. The molecule has 0 fully saturated rings. The maximum atomic E-state index is 13.5. The van der Waals surface area contributed by atoms with Crippen molar-refractivity contribution in [2.75, 3.05) is 7.05 Å². The topological polar surface area (TPSA) is 81.3 Å². The Kier molecular flexibility index (Phi) is 5.04. The summed E-state index contributed by atoms with van der Waals surface area (Å²) in [7, 11) is 1.36. The SMILES string of the molecule is CN(Cc1nc2ccccc2n1C(F)F)C(=O)c1ccc(Cl)cc1[N+](=O)[O-]. The fraction of sp³-hybridized carbons (Fsp3) is 0.176. The van der Waals surface area contributed by atoms with E-state index in [1.807, 2.05) is 0 Å². The highest BCUT2D eigenvalue weighted by molar-refractivity contribution is 6.31. The van der Waals surface area contributed by atoms with Gasteiger partial charge in [-0.3, -0.25) is 19.5 Å². The van der Waals surface area contributed by atoms with Gasteiger partial charge in [0.25, 0.3) is 11.6 Å². The summed E-state index contributed by atoms with van der Waals surface area (Å²) in [6.45, 7) is -3.10. The minimum atomic E-state index is -2.85. The number of hydrogen-bond acceptors (Lipinski definition) is 4. The van der Waals surface area contributed by atoms with Gasteiger partial charge in [0.05, 0.1) is 22.5 Å². The van der Waals surface area contributed by atoms with Gasteiger partial charge in [-0.15, -0.1) is 0 Å². The van der Waals surface area contributed by atoms with Gasteiger partial charge in [-0.05, 0) is 24.3 Å². The van der Waals surface area contributed by atoms with E-state index in [-0.39, 0.29) is 28.5 Å². The molecule has 2 aromatic carbocycles. The van der Waals surface area contributed by atoms with Gasteiger partial charge in [-0.2, -0.15) is 8.78 Å². The molecule has 140 valence electrons. The number of nitrogens with zero attached hydrogens (tertiary/aromatic N) is 4. The van der Waals surface area contributed by atoms with E-state index in [0.717, 1.165) is 15.5 Å². The van der Waals surface area contributed by atoms with Crippen LogP contribution in [0.1, 0.15) is 22.7 Å². The third-order valence-corrected chi connectivity index (χ3v) is 4.21. The number of nitro groups is 1. The number of halogens is 3. The molecule has 0 radical (unpaired) electrons. The van der Waals surface area contributed by atoms with Crippen LogP contribution in [0.5, 0.6) is 0 Å². The van der Waals surface area contributed by atoms with Crippen molar-refractivity contribution < 1.29 is 18.5 Å². The van der Waals surface area contributed by atoms with Gasteiger partial charge in [-0.1, -0.05) is 23.7 Å². The molecule has 3 rings (SSSR count). The molecular weight excluding hydrogens is 382 g/mol. The molecule has 0 spiro atoms. The Bertz CT molecular complexity index is 1040. The third-order valence-electron chi connectivity index (χ3n) is 3.98. The number of alkyl halides is 2. The Morgan fingerprint density at radius 3 is 2.70 bits per heavy atom. The molecule has 10 heteroatoms. The zero-order valence-corrected chi connectivity index (χ0v) is 14.7. The Morgan fingerprint density at radius 1 is 1.33 bits per heavy atom. The summed E-state index contributed by atoms with van der Waals surface area (Å²) >= 11 is 5.75. The molecule has 1 aromatic heterocycles. The van der Waals surface area contributed by atoms with E-state index in [0.29, 0.717) is 5.52 Å². The van der Waals surface area contributed by atoms with E-state index < -0.39 is 23.1 Å². The highest BCUT2D eigenvalue weighted by Crippen LogP contribution is 2.26. The zero-order valence-electron chi connectivity index (χ0n) is 14.0. The molecule has 0 bridgehead atoms. The standard InChI is InChI=1S/C17H13ClF2N4O3/c1-22(16(25)11-7-6-10(18)8-14(11)24(26)27)9-15-21-12-4-2-3-5-13(12)23(15)17(19)20/h2-8,17H,9H2,1H3. The van der Waals surface area contributed by atoms with Crippen LogP contribution in [0.2, 0.25) is 5.02 Å². The molecular formula is C17H13ClF2N4O3. The zero-order chi connectivity index (χ0) is 19.7. The summed E-state index contributed by atoms with van der Waals surface area (Å²) < 4.78 is 27.7. The lowest BCUT2D eigenvalue weighted by molar-refractivity contribution is -0.385. The van der Waals surface area contributed by atoms with Crippen LogP contribution in [0.15, 0.2) is 42.5 Å². The Hall–Kier alpha value is -3.07. The van der Waals surface area contributed by atoms with Gasteiger partial charge in [0.15, 0.2) is 0 Å². The van der Waals surface area contributed by atoms with Crippen LogP contribution < -0.4 is 0 Å². The number of carbonyl (C=O) groups excluding carboxylic acids is 1. The van der Waals surface area contributed by atoms with E-state index in [9.17, 15) is 23.7 Å². The molecule has 3 aromatic rings. The molecule has 0 saturated heterocycles. The fourth-order valence-electron chi connectivity index (χ4n) is 2.75. The molecule has 0 unspecified atom stereocenters. The molecule has 1 amide bonds. The second-order valence-electron chi connectivity index (χ2n) is 5.74. The molecule has 27 heavy (non-hydrogen) atoms. The number of para-hydroxylation sites is 2. The monoisotopic (exact) mass is 394 g/mol. The predicted octanol–water partition coefficient (Wildman–Crippen LogP) is 4.27. The van der Waals surface area contributed by atoms with Crippen molar-refractivity contribution in [3.63, 3.8) is 0 Å². The summed E-state index contributed by atoms with van der Waals surface area (Å²) in [5.74, 6) is -0.732. The van der Waals surface area contributed by atoms with Gasteiger partial charge in [0, 0.05) is 18.1 Å². The van der Waals surface area contributed by atoms with Gasteiger partial charge < -0.3 is 4.90 Å². The van der Waals surface area contributed by atoms with Crippen LogP contribution in [0.3, 0.4) is 0 Å². The normalized spacial score (nSPS) is 11.1. The molecule has 0 N–H and O–H groups in total. The highest BCUT2D eigenvalue weighted by atomic mass is 35.5. The van der Waals surface area contributed by atoms with Crippen LogP contribution >= 0.6 is 11.6 Å². The van der Waals surface area contributed by atoms with Crippen molar-refractivity contribution >= 4 is 34.2 Å². The van der Waals surface area contributed by atoms with Crippen LogP contribution in [0, 0.1) is 10.1 Å². The van der Waals surface area contributed by atoms with Gasteiger partial charge in [-0.25, -0.2) is 4.98 Å². The second kappa shape index (κ2) is 7.28. The van der Waals surface area contributed by atoms with Crippen molar-refractivity contribution in [1.82, 2.24) is 14.5 Å². The third kappa shape index (κ3) is 3.59. The van der Waals surface area contributed by atoms with E-state index in [4.69, 9.17) is 11.6 Å². The number of carbonyl (C=O) groups is 1. The summed E-state index contributed by atoms with van der Waals surface area (Å²) in [6, 6.07) is 10.0. The fourth-order valence-corrected chi connectivity index (χ4v) is 2.92. The number of imidazole rings is 1. The molecule has 0 aliphatic carbocycles. The van der Waals surface area contributed by atoms with Crippen LogP contribution in [0.25, 0.3) is 11.0 Å². The van der Waals surface area contributed by atoms with E-state index in [1.54, 1.807) is 18.2 Å². The number of hydrogen-bond donors (Lipinski definition) is 0. The van der Waals surface area contributed by atoms with Crippen LogP contribution in [0.4, 0.5) is 14.5 Å². The van der Waals surface area contributed by atoms with E-state index in [1.165, 1.54) is 25.2 Å². The Balaban J connectivity index is 1.96. The number of nitro benzene ring substituents is 1. The second-order valence-corrected chi connectivity index (χ2v) is 6.18. The average Bonchev–Trinajstić information content (AvgIpc) is 2.98. The lowest BCUT2D eigenvalue weighted by atomic mass is 10.1. The van der Waals surface area contributed by atoms with Gasteiger partial charge in [0.1, 0.15) is 11.4 Å². The van der Waals surface area contributed by atoms with Gasteiger partial charge in [0.2, 0.25) is 0 Å². The number of rotatable bonds is 5. The minimum Gasteiger partial charge on any atom is -0.334 e. The Morgan fingerprint density at radius 2 is 2.04 bits per heavy atom. The largest absolute Gasteiger partial charge is 0.334 e. The van der Waals surface area contributed by atoms with Gasteiger partial charge >= 0.3 is 6.55 Å². The lowest BCUT2D eigenvalue weighted by Gasteiger charge is -2.18. The maximum absolute atomic E-state index is 13.5. The number of benzene rings is 2. The van der Waals surface area contributed by atoms with E-state index in [2.05, 4.69) is 4.98 Å². The molecule has 0 aliphatic heterocycles. The maximum Gasteiger partial charge on any atom is 0.320 e. The lowest BCUT2D eigenvalue weighted by Crippen LogP contribution is -2.28. The van der Waals surface area contributed by atoms with Crippen molar-refractivity contribution in [2.24, 2.45) is 0 Å². The van der Waals surface area contributed by atoms with Crippen molar-refractivity contribution in [2.45, 2.75) is 13.1 Å². The molecule has 1 heterocycles. The van der Waals surface area contributed by atoms with Crippen molar-refractivity contribution in [3.8, 4) is 0 Å². The summed E-state index contributed by atoms with van der Waals surface area (Å²) in [6.07, 6.45) is 0. The molecule has 0 saturated carbocycles. The number of aromatic nitrogens is 2. The minimum absolute atomic E-state index is 0.0290. The van der Waals surface area contributed by atoms with Crippen LogP contribution in [-0.4, -0.2) is 32.3 Å². The Labute approximate surface area is 156 Å². The summed E-state index contributed by atoms with van der Waals surface area (Å²) in [4.78, 5) is 28.3.